The molecule has 8 heteroatoms. The van der Waals surface area contributed by atoms with Crippen LogP contribution in [0.3, 0.4) is 0 Å². The second kappa shape index (κ2) is 9.34. The number of pyridine rings is 2. The molecule has 0 fully saturated rings. The highest BCUT2D eigenvalue weighted by Gasteiger charge is 2.20. The summed E-state index contributed by atoms with van der Waals surface area (Å²) in [6.45, 7) is -0.181. The molecule has 0 bridgehead atoms. The van der Waals surface area contributed by atoms with Gasteiger partial charge in [0.2, 0.25) is 5.91 Å². The lowest BCUT2D eigenvalue weighted by atomic mass is 10.0. The number of carbonyl (C=O) groups is 2. The molecule has 2 aromatic heterocycles. The quantitative estimate of drug-likeness (QED) is 0.433. The fraction of sp³-hybridized carbons (Fsp3) is 0.0833. The van der Waals surface area contributed by atoms with Gasteiger partial charge in [-0.25, -0.2) is 4.98 Å². The number of hydrogen-bond acceptors (Lipinski definition) is 4. The van der Waals surface area contributed by atoms with Crippen LogP contribution in [-0.2, 0) is 4.79 Å². The van der Waals surface area contributed by atoms with Crippen LogP contribution in [0.5, 0.6) is 0 Å². The maximum absolute atomic E-state index is 13.3. The first kappa shape index (κ1) is 21.7. The number of fused-ring (bicyclic) bond motifs is 1. The van der Waals surface area contributed by atoms with Crippen molar-refractivity contribution in [1.82, 2.24) is 14.9 Å². The first-order valence-corrected chi connectivity index (χ1v) is 10.5. The highest BCUT2D eigenvalue weighted by atomic mass is 35.5. The molecule has 4 rings (SSSR count). The van der Waals surface area contributed by atoms with Gasteiger partial charge in [-0.1, -0.05) is 47.5 Å². The zero-order valence-electron chi connectivity index (χ0n) is 17.0. The number of amides is 2. The minimum absolute atomic E-state index is 0.181. The lowest BCUT2D eigenvalue weighted by Gasteiger charge is -2.19. The van der Waals surface area contributed by atoms with Gasteiger partial charge < -0.3 is 10.2 Å². The number of likely N-dealkylation sites (N-methyl/N-ethyl adjacent to an activating group) is 1. The number of aromatic nitrogens is 2. The molecule has 2 heterocycles. The molecule has 1 N–H and O–H groups in total. The van der Waals surface area contributed by atoms with E-state index in [1.54, 1.807) is 43.7 Å². The molecule has 2 amide bonds. The van der Waals surface area contributed by atoms with Gasteiger partial charge in [0, 0.05) is 30.4 Å². The minimum atomic E-state index is -0.415. The Kier molecular flexibility index (Phi) is 6.35. The van der Waals surface area contributed by atoms with Crippen LogP contribution in [0.4, 0.5) is 5.69 Å². The Morgan fingerprint density at radius 3 is 2.47 bits per heavy atom. The molecule has 0 atom stereocenters. The van der Waals surface area contributed by atoms with Crippen molar-refractivity contribution in [2.24, 2.45) is 0 Å². The summed E-state index contributed by atoms with van der Waals surface area (Å²) in [6.07, 6.45) is 3.37. The monoisotopic (exact) mass is 464 g/mol. The van der Waals surface area contributed by atoms with Gasteiger partial charge >= 0.3 is 0 Å². The van der Waals surface area contributed by atoms with Gasteiger partial charge in [0.15, 0.2) is 0 Å². The maximum Gasteiger partial charge on any atom is 0.254 e. The number of para-hydroxylation sites is 2. The Morgan fingerprint density at radius 2 is 1.75 bits per heavy atom. The lowest BCUT2D eigenvalue weighted by molar-refractivity contribution is -0.116. The molecule has 4 aromatic rings. The molecule has 0 aliphatic carbocycles. The van der Waals surface area contributed by atoms with E-state index in [9.17, 15) is 9.59 Å². The summed E-state index contributed by atoms with van der Waals surface area (Å²) < 4.78 is 0. The van der Waals surface area contributed by atoms with E-state index in [2.05, 4.69) is 15.3 Å². The molecule has 0 radical (unpaired) electrons. The van der Waals surface area contributed by atoms with E-state index < -0.39 is 5.91 Å². The Hall–Kier alpha value is -3.48. The van der Waals surface area contributed by atoms with Crippen LogP contribution in [0, 0.1) is 0 Å². The van der Waals surface area contributed by atoms with Crippen LogP contribution in [0.25, 0.3) is 22.2 Å². The average Bonchev–Trinajstić information content (AvgIpc) is 2.81. The van der Waals surface area contributed by atoms with E-state index in [4.69, 9.17) is 23.2 Å². The predicted octanol–water partition coefficient (Wildman–Crippen LogP) is 5.31. The topological polar surface area (TPSA) is 75.2 Å². The van der Waals surface area contributed by atoms with Crippen molar-refractivity contribution in [3.8, 4) is 11.3 Å². The molecule has 6 nitrogen and oxygen atoms in total. The van der Waals surface area contributed by atoms with Crippen LogP contribution in [0.15, 0.2) is 73.1 Å². The van der Waals surface area contributed by atoms with E-state index in [0.29, 0.717) is 37.9 Å². The summed E-state index contributed by atoms with van der Waals surface area (Å²) in [7, 11) is 1.56. The summed E-state index contributed by atoms with van der Waals surface area (Å²) in [6, 6.07) is 17.7. The molecule has 0 saturated carbocycles. The van der Waals surface area contributed by atoms with Crippen LogP contribution in [0.2, 0.25) is 10.0 Å². The van der Waals surface area contributed by atoms with E-state index >= 15 is 0 Å². The summed E-state index contributed by atoms with van der Waals surface area (Å²) >= 11 is 12.2. The smallest absolute Gasteiger partial charge is 0.254 e. The minimum Gasteiger partial charge on any atom is -0.332 e. The first-order valence-electron chi connectivity index (χ1n) is 9.73. The van der Waals surface area contributed by atoms with Gasteiger partial charge in [-0.05, 0) is 36.4 Å². The molecule has 0 spiro atoms. The highest BCUT2D eigenvalue weighted by molar-refractivity contribution is 6.39. The van der Waals surface area contributed by atoms with Gasteiger partial charge in [0.1, 0.15) is 0 Å². The van der Waals surface area contributed by atoms with Crippen LogP contribution in [0.1, 0.15) is 10.4 Å². The number of carbonyl (C=O) groups excluding carboxylic acids is 2. The average molecular weight is 465 g/mol. The summed E-state index contributed by atoms with van der Waals surface area (Å²) in [5.74, 6) is -0.726. The summed E-state index contributed by atoms with van der Waals surface area (Å²) in [5, 5.41) is 4.01. The van der Waals surface area contributed by atoms with Crippen molar-refractivity contribution in [1.29, 1.82) is 0 Å². The predicted molar refractivity (Wildman–Crippen MR) is 127 cm³/mol. The third-order valence-corrected chi connectivity index (χ3v) is 5.49. The van der Waals surface area contributed by atoms with Crippen molar-refractivity contribution in [3.63, 3.8) is 0 Å². The van der Waals surface area contributed by atoms with Crippen molar-refractivity contribution in [2.75, 3.05) is 18.9 Å². The lowest BCUT2D eigenvalue weighted by Crippen LogP contribution is -2.35. The molecular formula is C24H18Cl2N4O2. The van der Waals surface area contributed by atoms with Crippen LogP contribution in [-0.4, -0.2) is 40.3 Å². The third kappa shape index (κ3) is 4.56. The van der Waals surface area contributed by atoms with E-state index in [-0.39, 0.29) is 12.5 Å². The SMILES string of the molecule is CN(CC(=O)Nc1c(Cl)cccc1Cl)C(=O)c1cc(-c2cccnc2)nc2ccccc12. The second-order valence-corrected chi connectivity index (χ2v) is 7.93. The van der Waals surface area contributed by atoms with Crippen molar-refractivity contribution in [3.05, 3.63) is 88.7 Å². The Morgan fingerprint density at radius 1 is 1.00 bits per heavy atom. The van der Waals surface area contributed by atoms with Gasteiger partial charge in [-0.2, -0.15) is 0 Å². The number of anilines is 1. The van der Waals surface area contributed by atoms with Gasteiger partial charge in [-0.3, -0.25) is 14.6 Å². The summed E-state index contributed by atoms with van der Waals surface area (Å²) in [4.78, 5) is 36.0. The second-order valence-electron chi connectivity index (χ2n) is 7.12. The number of rotatable bonds is 5. The van der Waals surface area contributed by atoms with Gasteiger partial charge in [0.25, 0.3) is 5.91 Å². The molecular weight excluding hydrogens is 447 g/mol. The van der Waals surface area contributed by atoms with Crippen molar-refractivity contribution >= 4 is 51.6 Å². The number of nitrogens with one attached hydrogen (secondary N) is 1. The molecule has 0 unspecified atom stereocenters. The van der Waals surface area contributed by atoms with Crippen molar-refractivity contribution < 1.29 is 9.59 Å². The Balaban J connectivity index is 1.62. The van der Waals surface area contributed by atoms with E-state index in [0.717, 1.165) is 5.56 Å². The fourth-order valence-electron chi connectivity index (χ4n) is 3.30. The Bertz CT molecular complexity index is 1290. The largest absolute Gasteiger partial charge is 0.332 e. The molecule has 2 aromatic carbocycles. The van der Waals surface area contributed by atoms with E-state index in [1.807, 2.05) is 36.4 Å². The number of hydrogen-bond donors (Lipinski definition) is 1. The number of nitrogens with zero attached hydrogens (tertiary/aromatic N) is 3. The third-order valence-electron chi connectivity index (χ3n) is 4.86. The molecule has 0 saturated heterocycles. The first-order chi connectivity index (χ1) is 15.4. The normalized spacial score (nSPS) is 10.7. The van der Waals surface area contributed by atoms with Crippen LogP contribution >= 0.6 is 23.2 Å². The zero-order valence-corrected chi connectivity index (χ0v) is 18.6. The van der Waals surface area contributed by atoms with Gasteiger partial charge in [-0.15, -0.1) is 0 Å². The number of benzene rings is 2. The molecule has 32 heavy (non-hydrogen) atoms. The fourth-order valence-corrected chi connectivity index (χ4v) is 3.80. The standard InChI is InChI=1S/C24H18Cl2N4O2/c1-30(14-22(31)29-23-18(25)8-4-9-19(23)26)24(32)17-12-21(15-6-5-11-27-13-15)28-20-10-3-2-7-16(17)20/h2-13H,14H2,1H3,(H,29,31). The Labute approximate surface area is 194 Å². The van der Waals surface area contributed by atoms with Crippen molar-refractivity contribution in [2.45, 2.75) is 0 Å². The molecule has 0 aliphatic rings. The highest BCUT2D eigenvalue weighted by Crippen LogP contribution is 2.30. The number of halogens is 2. The zero-order chi connectivity index (χ0) is 22.7. The maximum atomic E-state index is 13.3. The molecule has 160 valence electrons. The molecule has 0 aliphatic heterocycles. The van der Waals surface area contributed by atoms with Gasteiger partial charge in [0.05, 0.1) is 39.1 Å². The van der Waals surface area contributed by atoms with Crippen LogP contribution < -0.4 is 5.32 Å². The van der Waals surface area contributed by atoms with E-state index in [1.165, 1.54) is 4.90 Å². The summed E-state index contributed by atoms with van der Waals surface area (Å²) in [5.41, 5.74) is 2.86.